The summed E-state index contributed by atoms with van der Waals surface area (Å²) in [5.41, 5.74) is 0. The van der Waals surface area contributed by atoms with Crippen LogP contribution in [-0.2, 0) is 0 Å². The summed E-state index contributed by atoms with van der Waals surface area (Å²) in [6.07, 6.45) is 7.51. The van der Waals surface area contributed by atoms with Gasteiger partial charge in [-0.15, -0.1) is 0 Å². The molecule has 13 heavy (non-hydrogen) atoms. The number of hydrogen-bond acceptors (Lipinski definition) is 3. The smallest absolute Gasteiger partial charge is 0.0582 e. The predicted octanol–water partition coefficient (Wildman–Crippen LogP) is 1.63. The second-order valence-corrected chi connectivity index (χ2v) is 4.99. The SMILES string of the molecule is CSC1CCCCC1N[C@@H](C)CO. The molecule has 2 N–H and O–H groups in total. The third-order valence-corrected chi connectivity index (χ3v) is 3.95. The van der Waals surface area contributed by atoms with Gasteiger partial charge in [-0.3, -0.25) is 0 Å². The van der Waals surface area contributed by atoms with E-state index in [1.165, 1.54) is 25.7 Å². The van der Waals surface area contributed by atoms with Gasteiger partial charge in [0.1, 0.15) is 0 Å². The zero-order valence-corrected chi connectivity index (χ0v) is 9.44. The van der Waals surface area contributed by atoms with Crippen LogP contribution >= 0.6 is 11.8 Å². The Morgan fingerprint density at radius 2 is 2.15 bits per heavy atom. The highest BCUT2D eigenvalue weighted by atomic mass is 32.2. The fourth-order valence-electron chi connectivity index (χ4n) is 1.99. The van der Waals surface area contributed by atoms with Crippen molar-refractivity contribution in [3.63, 3.8) is 0 Å². The van der Waals surface area contributed by atoms with Gasteiger partial charge in [-0.1, -0.05) is 12.8 Å². The number of hydrogen-bond donors (Lipinski definition) is 2. The third kappa shape index (κ3) is 3.49. The molecule has 0 spiro atoms. The largest absolute Gasteiger partial charge is 0.395 e. The van der Waals surface area contributed by atoms with E-state index in [-0.39, 0.29) is 12.6 Å². The van der Waals surface area contributed by atoms with E-state index in [9.17, 15) is 0 Å². The number of aliphatic hydroxyl groups excluding tert-OH is 1. The summed E-state index contributed by atoms with van der Waals surface area (Å²) in [7, 11) is 0. The van der Waals surface area contributed by atoms with E-state index in [1.807, 2.05) is 18.7 Å². The van der Waals surface area contributed by atoms with Crippen LogP contribution in [0.25, 0.3) is 0 Å². The van der Waals surface area contributed by atoms with Gasteiger partial charge in [-0.05, 0) is 26.0 Å². The normalized spacial score (nSPS) is 31.6. The van der Waals surface area contributed by atoms with Crippen LogP contribution in [0, 0.1) is 0 Å². The lowest BCUT2D eigenvalue weighted by molar-refractivity contribution is 0.230. The van der Waals surface area contributed by atoms with E-state index in [1.54, 1.807) is 0 Å². The van der Waals surface area contributed by atoms with Crippen molar-refractivity contribution in [2.75, 3.05) is 12.9 Å². The van der Waals surface area contributed by atoms with Gasteiger partial charge < -0.3 is 10.4 Å². The highest BCUT2D eigenvalue weighted by Crippen LogP contribution is 2.27. The Kier molecular flexibility index (Phi) is 5.14. The van der Waals surface area contributed by atoms with Crippen LogP contribution in [0.2, 0.25) is 0 Å². The van der Waals surface area contributed by atoms with Gasteiger partial charge in [0, 0.05) is 17.3 Å². The number of nitrogens with one attached hydrogen (secondary N) is 1. The van der Waals surface area contributed by atoms with Crippen molar-refractivity contribution in [1.29, 1.82) is 0 Å². The number of aliphatic hydroxyl groups is 1. The first-order valence-corrected chi connectivity index (χ1v) is 6.46. The molecule has 1 fully saturated rings. The van der Waals surface area contributed by atoms with Crippen LogP contribution in [0.15, 0.2) is 0 Å². The van der Waals surface area contributed by atoms with Gasteiger partial charge >= 0.3 is 0 Å². The van der Waals surface area contributed by atoms with Crippen molar-refractivity contribution >= 4 is 11.8 Å². The first-order valence-electron chi connectivity index (χ1n) is 5.17. The van der Waals surface area contributed by atoms with E-state index in [2.05, 4.69) is 11.6 Å². The Morgan fingerprint density at radius 1 is 1.46 bits per heavy atom. The van der Waals surface area contributed by atoms with Gasteiger partial charge in [0.25, 0.3) is 0 Å². The summed E-state index contributed by atoms with van der Waals surface area (Å²) in [4.78, 5) is 0. The minimum absolute atomic E-state index is 0.248. The topological polar surface area (TPSA) is 32.3 Å². The van der Waals surface area contributed by atoms with Gasteiger partial charge in [0.15, 0.2) is 0 Å². The quantitative estimate of drug-likeness (QED) is 0.728. The molecule has 78 valence electrons. The van der Waals surface area contributed by atoms with Crippen LogP contribution in [0.5, 0.6) is 0 Å². The Labute approximate surface area is 85.5 Å². The molecule has 1 aliphatic carbocycles. The predicted molar refractivity (Wildman–Crippen MR) is 59.2 cm³/mol. The van der Waals surface area contributed by atoms with Crippen molar-refractivity contribution in [2.24, 2.45) is 0 Å². The molecule has 2 nitrogen and oxygen atoms in total. The third-order valence-electron chi connectivity index (χ3n) is 2.78. The van der Waals surface area contributed by atoms with Crippen LogP contribution in [0.3, 0.4) is 0 Å². The molecule has 0 heterocycles. The Balaban J connectivity index is 2.35. The molecule has 0 bridgehead atoms. The lowest BCUT2D eigenvalue weighted by atomic mass is 9.94. The minimum atomic E-state index is 0.248. The first-order chi connectivity index (χ1) is 6.27. The molecular weight excluding hydrogens is 182 g/mol. The minimum Gasteiger partial charge on any atom is -0.395 e. The lowest BCUT2D eigenvalue weighted by Crippen LogP contribution is -2.46. The molecule has 0 aromatic heterocycles. The lowest BCUT2D eigenvalue weighted by Gasteiger charge is -2.32. The highest BCUT2D eigenvalue weighted by Gasteiger charge is 2.24. The summed E-state index contributed by atoms with van der Waals surface area (Å²) < 4.78 is 0. The van der Waals surface area contributed by atoms with Crippen LogP contribution in [0.1, 0.15) is 32.6 Å². The van der Waals surface area contributed by atoms with E-state index < -0.39 is 0 Å². The molecule has 0 amide bonds. The van der Waals surface area contributed by atoms with Gasteiger partial charge in [0.2, 0.25) is 0 Å². The zero-order valence-electron chi connectivity index (χ0n) is 8.62. The molecule has 2 unspecified atom stereocenters. The van der Waals surface area contributed by atoms with Gasteiger partial charge in [-0.25, -0.2) is 0 Å². The van der Waals surface area contributed by atoms with E-state index in [4.69, 9.17) is 5.11 Å². The molecule has 1 rings (SSSR count). The van der Waals surface area contributed by atoms with Crippen molar-refractivity contribution in [3.05, 3.63) is 0 Å². The second kappa shape index (κ2) is 5.89. The van der Waals surface area contributed by atoms with Crippen LogP contribution in [0.4, 0.5) is 0 Å². The monoisotopic (exact) mass is 203 g/mol. The Hall–Kier alpha value is 0.270. The van der Waals surface area contributed by atoms with Gasteiger partial charge in [-0.2, -0.15) is 11.8 Å². The average molecular weight is 203 g/mol. The fourth-order valence-corrected chi connectivity index (χ4v) is 2.93. The molecule has 3 heteroatoms. The zero-order chi connectivity index (χ0) is 9.68. The van der Waals surface area contributed by atoms with Crippen molar-refractivity contribution in [1.82, 2.24) is 5.32 Å². The van der Waals surface area contributed by atoms with E-state index in [0.29, 0.717) is 6.04 Å². The summed E-state index contributed by atoms with van der Waals surface area (Å²) in [5.74, 6) is 0. The Bertz CT molecular complexity index is 143. The molecule has 0 aliphatic heterocycles. The molecule has 0 radical (unpaired) electrons. The van der Waals surface area contributed by atoms with Crippen molar-refractivity contribution in [3.8, 4) is 0 Å². The highest BCUT2D eigenvalue weighted by molar-refractivity contribution is 7.99. The summed E-state index contributed by atoms with van der Waals surface area (Å²) >= 11 is 1.96. The average Bonchev–Trinajstić information content (AvgIpc) is 2.18. The molecule has 1 aliphatic rings. The number of thioether (sulfide) groups is 1. The maximum absolute atomic E-state index is 8.96. The standard InChI is InChI=1S/C10H21NOS/c1-8(7-12)11-9-5-3-4-6-10(9)13-2/h8-12H,3-7H2,1-2H3/t8-,9?,10?/m0/s1. The van der Waals surface area contributed by atoms with Crippen molar-refractivity contribution < 1.29 is 5.11 Å². The van der Waals surface area contributed by atoms with E-state index >= 15 is 0 Å². The summed E-state index contributed by atoms with van der Waals surface area (Å²) in [6, 6.07) is 0.864. The van der Waals surface area contributed by atoms with Crippen molar-refractivity contribution in [2.45, 2.75) is 49.9 Å². The van der Waals surface area contributed by atoms with Gasteiger partial charge in [0.05, 0.1) is 6.61 Å². The Morgan fingerprint density at radius 3 is 2.77 bits per heavy atom. The van der Waals surface area contributed by atoms with Crippen LogP contribution in [-0.4, -0.2) is 35.3 Å². The van der Waals surface area contributed by atoms with E-state index in [0.717, 1.165) is 5.25 Å². The number of rotatable bonds is 4. The molecule has 3 atom stereocenters. The maximum Gasteiger partial charge on any atom is 0.0582 e. The molecular formula is C10H21NOS. The summed E-state index contributed by atoms with van der Waals surface area (Å²) in [6.45, 7) is 2.30. The fraction of sp³-hybridized carbons (Fsp3) is 1.00. The molecule has 0 saturated heterocycles. The molecule has 1 saturated carbocycles. The second-order valence-electron chi connectivity index (χ2n) is 3.92. The van der Waals surface area contributed by atoms with Crippen LogP contribution < -0.4 is 5.32 Å². The molecule has 0 aromatic carbocycles. The summed E-state index contributed by atoms with van der Waals surface area (Å²) in [5, 5.41) is 13.2. The maximum atomic E-state index is 8.96. The molecule has 0 aromatic rings. The first kappa shape index (κ1) is 11.3.